The summed E-state index contributed by atoms with van der Waals surface area (Å²) in [6, 6.07) is 5.35. The minimum absolute atomic E-state index is 0. The van der Waals surface area contributed by atoms with Crippen LogP contribution in [0.2, 0.25) is 0 Å². The molecule has 2 N–H and O–H groups in total. The molecule has 8 heteroatoms. The lowest BCUT2D eigenvalue weighted by Gasteiger charge is -2.32. The number of ether oxygens (including phenoxy) is 2. The van der Waals surface area contributed by atoms with Gasteiger partial charge in [-0.2, -0.15) is 0 Å². The predicted molar refractivity (Wildman–Crippen MR) is 101 cm³/mol. The zero-order valence-electron chi connectivity index (χ0n) is 15.1. The fourth-order valence-corrected chi connectivity index (χ4v) is 3.54. The number of halogens is 1. The molecule has 3 rings (SSSR count). The van der Waals surface area contributed by atoms with Crippen LogP contribution in [0.5, 0.6) is 11.5 Å². The van der Waals surface area contributed by atoms with E-state index in [1.54, 1.807) is 37.3 Å². The number of hydrogen-bond acceptors (Lipinski definition) is 5. The van der Waals surface area contributed by atoms with Crippen LogP contribution in [0.1, 0.15) is 19.3 Å². The second-order valence-electron chi connectivity index (χ2n) is 6.66. The molecule has 2 aliphatic heterocycles. The topological polar surface area (TPSA) is 85.1 Å². The Labute approximate surface area is 159 Å². The third-order valence-corrected chi connectivity index (χ3v) is 4.89. The Bertz CT molecular complexity index is 648. The molecule has 2 aliphatic rings. The van der Waals surface area contributed by atoms with E-state index in [1.165, 1.54) is 0 Å². The molecule has 2 heterocycles. The monoisotopic (exact) mass is 383 g/mol. The maximum atomic E-state index is 12.8. The highest BCUT2D eigenvalue weighted by Crippen LogP contribution is 2.33. The molecule has 2 atom stereocenters. The zero-order valence-corrected chi connectivity index (χ0v) is 16.0. The van der Waals surface area contributed by atoms with Crippen molar-refractivity contribution in [3.8, 4) is 11.5 Å². The van der Waals surface area contributed by atoms with Crippen molar-refractivity contribution in [1.82, 2.24) is 4.90 Å². The number of piperidine rings is 1. The van der Waals surface area contributed by atoms with Crippen LogP contribution in [0, 0.1) is 5.92 Å². The van der Waals surface area contributed by atoms with Crippen LogP contribution in [0.4, 0.5) is 5.69 Å². The molecule has 0 saturated carbocycles. The molecule has 2 amide bonds. The van der Waals surface area contributed by atoms with Crippen molar-refractivity contribution in [2.75, 3.05) is 38.8 Å². The fraction of sp³-hybridized carbons (Fsp3) is 0.556. The molecular formula is C18H26ClN3O4. The summed E-state index contributed by atoms with van der Waals surface area (Å²) >= 11 is 0. The molecule has 1 aromatic carbocycles. The van der Waals surface area contributed by atoms with Gasteiger partial charge in [-0.05, 0) is 12.8 Å². The number of rotatable bonds is 4. The highest BCUT2D eigenvalue weighted by Gasteiger charge is 2.38. The minimum atomic E-state index is -0.324. The maximum Gasteiger partial charge on any atom is 0.228 e. The molecule has 7 nitrogen and oxygen atoms in total. The summed E-state index contributed by atoms with van der Waals surface area (Å²) in [5.41, 5.74) is 6.66. The molecular weight excluding hydrogens is 358 g/mol. The van der Waals surface area contributed by atoms with E-state index in [0.29, 0.717) is 30.3 Å². The molecule has 0 bridgehead atoms. The van der Waals surface area contributed by atoms with Gasteiger partial charge in [0.2, 0.25) is 11.8 Å². The van der Waals surface area contributed by atoms with E-state index in [2.05, 4.69) is 0 Å². The molecule has 2 saturated heterocycles. The second-order valence-corrected chi connectivity index (χ2v) is 6.66. The van der Waals surface area contributed by atoms with Crippen molar-refractivity contribution < 1.29 is 19.1 Å². The Morgan fingerprint density at radius 2 is 1.81 bits per heavy atom. The number of nitrogens with two attached hydrogens (primary N) is 1. The number of benzene rings is 1. The number of carbonyl (C=O) groups excluding carboxylic acids is 2. The van der Waals surface area contributed by atoms with Crippen molar-refractivity contribution in [1.29, 1.82) is 0 Å². The Hall–Kier alpha value is -1.99. The summed E-state index contributed by atoms with van der Waals surface area (Å²) < 4.78 is 10.5. The molecule has 26 heavy (non-hydrogen) atoms. The fourth-order valence-electron chi connectivity index (χ4n) is 3.54. The molecule has 0 spiro atoms. The van der Waals surface area contributed by atoms with Gasteiger partial charge in [-0.25, -0.2) is 0 Å². The summed E-state index contributed by atoms with van der Waals surface area (Å²) in [7, 11) is 3.13. The van der Waals surface area contributed by atoms with Crippen LogP contribution in [0.15, 0.2) is 18.2 Å². The summed E-state index contributed by atoms with van der Waals surface area (Å²) in [6.45, 7) is 1.68. The molecule has 1 aromatic rings. The first-order valence-corrected chi connectivity index (χ1v) is 8.59. The number of nitrogens with zero attached hydrogens (tertiary/aromatic N) is 2. The highest BCUT2D eigenvalue weighted by atomic mass is 35.5. The van der Waals surface area contributed by atoms with E-state index in [-0.39, 0.29) is 42.6 Å². The Kier molecular flexibility index (Phi) is 6.72. The smallest absolute Gasteiger partial charge is 0.228 e. The van der Waals surface area contributed by atoms with Gasteiger partial charge in [0.05, 0.1) is 25.8 Å². The van der Waals surface area contributed by atoms with Crippen molar-refractivity contribution in [3.05, 3.63) is 18.2 Å². The Balaban J connectivity index is 0.00000243. The van der Waals surface area contributed by atoms with Gasteiger partial charge in [-0.1, -0.05) is 0 Å². The van der Waals surface area contributed by atoms with Crippen molar-refractivity contribution in [3.63, 3.8) is 0 Å². The molecule has 0 aliphatic carbocycles. The van der Waals surface area contributed by atoms with Gasteiger partial charge >= 0.3 is 0 Å². The summed E-state index contributed by atoms with van der Waals surface area (Å²) in [4.78, 5) is 28.7. The van der Waals surface area contributed by atoms with Crippen LogP contribution in [0.25, 0.3) is 0 Å². The molecule has 0 aromatic heterocycles. The molecule has 2 fully saturated rings. The quantitative estimate of drug-likeness (QED) is 0.850. The van der Waals surface area contributed by atoms with Crippen LogP contribution in [0.3, 0.4) is 0 Å². The van der Waals surface area contributed by atoms with Gasteiger partial charge in [-0.3, -0.25) is 9.59 Å². The van der Waals surface area contributed by atoms with E-state index < -0.39 is 0 Å². The molecule has 2 unspecified atom stereocenters. The summed E-state index contributed by atoms with van der Waals surface area (Å²) in [5.74, 6) is 0.865. The maximum absolute atomic E-state index is 12.8. The van der Waals surface area contributed by atoms with E-state index >= 15 is 0 Å². The highest BCUT2D eigenvalue weighted by molar-refractivity contribution is 6.00. The number of anilines is 1. The van der Waals surface area contributed by atoms with Crippen molar-refractivity contribution in [2.24, 2.45) is 11.7 Å². The number of amides is 2. The molecule has 0 radical (unpaired) electrons. The molecule has 144 valence electrons. The second kappa shape index (κ2) is 8.60. The van der Waals surface area contributed by atoms with Gasteiger partial charge in [0.1, 0.15) is 11.5 Å². The predicted octanol–water partition coefficient (Wildman–Crippen LogP) is 1.43. The first kappa shape index (κ1) is 20.3. The van der Waals surface area contributed by atoms with Crippen molar-refractivity contribution in [2.45, 2.75) is 25.3 Å². The standard InChI is InChI=1S/C18H25N3O4.ClH/c1-24-15-7-14(8-16(9-15)25-2)21-10-12(6-17(21)22)18(23)20-5-3-4-13(19)11-20;/h7-9,12-13H,3-6,10-11,19H2,1-2H3;1H. The van der Waals surface area contributed by atoms with Crippen LogP contribution >= 0.6 is 12.4 Å². The van der Waals surface area contributed by atoms with E-state index in [1.807, 2.05) is 4.90 Å². The van der Waals surface area contributed by atoms with Gasteiger partial charge in [0, 0.05) is 50.3 Å². The first-order chi connectivity index (χ1) is 12.0. The van der Waals surface area contributed by atoms with E-state index in [4.69, 9.17) is 15.2 Å². The van der Waals surface area contributed by atoms with Gasteiger partial charge < -0.3 is 25.0 Å². The van der Waals surface area contributed by atoms with Crippen molar-refractivity contribution >= 4 is 29.9 Å². The SMILES string of the molecule is COc1cc(OC)cc(N2CC(C(=O)N3CCCC(N)C3)CC2=O)c1.Cl. The van der Waals surface area contributed by atoms with Gasteiger partial charge in [0.15, 0.2) is 0 Å². The lowest BCUT2D eigenvalue weighted by Crippen LogP contribution is -2.48. The third kappa shape index (κ3) is 4.22. The first-order valence-electron chi connectivity index (χ1n) is 8.59. The van der Waals surface area contributed by atoms with Gasteiger partial charge in [-0.15, -0.1) is 12.4 Å². The third-order valence-electron chi connectivity index (χ3n) is 4.89. The normalized spacial score (nSPS) is 22.8. The Morgan fingerprint density at radius 1 is 1.15 bits per heavy atom. The van der Waals surface area contributed by atoms with E-state index in [0.717, 1.165) is 19.4 Å². The van der Waals surface area contributed by atoms with Crippen LogP contribution in [-0.2, 0) is 9.59 Å². The number of carbonyl (C=O) groups is 2. The van der Waals surface area contributed by atoms with Gasteiger partial charge in [0.25, 0.3) is 0 Å². The lowest BCUT2D eigenvalue weighted by atomic mass is 10.0. The average Bonchev–Trinajstić information content (AvgIpc) is 3.02. The summed E-state index contributed by atoms with van der Waals surface area (Å²) in [5, 5.41) is 0. The zero-order chi connectivity index (χ0) is 18.0. The lowest BCUT2D eigenvalue weighted by molar-refractivity contribution is -0.136. The van der Waals surface area contributed by atoms with Crippen LogP contribution in [-0.4, -0.2) is 56.6 Å². The number of methoxy groups -OCH3 is 2. The number of hydrogen-bond donors (Lipinski definition) is 1. The van der Waals surface area contributed by atoms with Crippen LogP contribution < -0.4 is 20.1 Å². The minimum Gasteiger partial charge on any atom is -0.497 e. The Morgan fingerprint density at radius 3 is 2.38 bits per heavy atom. The number of likely N-dealkylation sites (tertiary alicyclic amines) is 1. The van der Waals surface area contributed by atoms with E-state index in [9.17, 15) is 9.59 Å². The average molecular weight is 384 g/mol. The summed E-state index contributed by atoms with van der Waals surface area (Å²) in [6.07, 6.45) is 2.09. The largest absolute Gasteiger partial charge is 0.497 e.